The highest BCUT2D eigenvalue weighted by Gasteiger charge is 2.50. The average Bonchev–Trinajstić information content (AvgIpc) is 2.90. The van der Waals surface area contributed by atoms with E-state index in [1.165, 1.54) is 32.2 Å². The Morgan fingerprint density at radius 2 is 1.85 bits per heavy atom. The van der Waals surface area contributed by atoms with Crippen molar-refractivity contribution in [3.63, 3.8) is 0 Å². The quantitative estimate of drug-likeness (QED) is 0.288. The number of benzene rings is 2. The number of hydrogen-bond acceptors (Lipinski definition) is 11. The Morgan fingerprint density at radius 3 is 2.49 bits per heavy atom. The Hall–Kier alpha value is -3.42. The SMILES string of the molecule is COc1cccc2c1C(=O)c1c(O)c3c(c(O)c1C2=O)C[C@@](O)(C(=O)CO)CC3OC1CC(O)C(F)C(C)O1. The first-order chi connectivity index (χ1) is 18.4. The summed E-state index contributed by atoms with van der Waals surface area (Å²) in [7, 11) is 1.30. The maximum absolute atomic E-state index is 14.1. The number of rotatable bonds is 5. The summed E-state index contributed by atoms with van der Waals surface area (Å²) < 4.78 is 30.7. The molecular formula is C27H27FO11. The minimum absolute atomic E-state index is 0.0724. The highest BCUT2D eigenvalue weighted by atomic mass is 19.1. The second-order valence-corrected chi connectivity index (χ2v) is 10.0. The lowest BCUT2D eigenvalue weighted by Crippen LogP contribution is -2.49. The first-order valence-corrected chi connectivity index (χ1v) is 12.3. The molecule has 0 radical (unpaired) electrons. The highest BCUT2D eigenvalue weighted by molar-refractivity contribution is 6.31. The zero-order valence-electron chi connectivity index (χ0n) is 21.0. The number of alkyl halides is 1. The molecule has 2 aromatic carbocycles. The molecule has 1 heterocycles. The molecule has 5 N–H and O–H groups in total. The van der Waals surface area contributed by atoms with Crippen molar-refractivity contribution in [2.75, 3.05) is 13.7 Å². The van der Waals surface area contributed by atoms with Crippen molar-refractivity contribution in [2.24, 2.45) is 0 Å². The lowest BCUT2D eigenvalue weighted by molar-refractivity contribution is -0.256. The molecule has 1 fully saturated rings. The maximum Gasteiger partial charge on any atom is 0.202 e. The highest BCUT2D eigenvalue weighted by Crippen LogP contribution is 2.52. The summed E-state index contributed by atoms with van der Waals surface area (Å²) in [6, 6.07) is 4.30. The summed E-state index contributed by atoms with van der Waals surface area (Å²) in [5, 5.41) is 53.5. The first kappa shape index (κ1) is 27.2. The zero-order chi connectivity index (χ0) is 28.4. The molecule has 0 saturated carbocycles. The van der Waals surface area contributed by atoms with Crippen LogP contribution >= 0.6 is 0 Å². The van der Waals surface area contributed by atoms with Crippen molar-refractivity contribution < 1.29 is 58.5 Å². The van der Waals surface area contributed by atoms with Crippen LogP contribution in [-0.4, -0.2) is 86.9 Å². The molecule has 12 heteroatoms. The van der Waals surface area contributed by atoms with Crippen molar-refractivity contribution >= 4 is 17.3 Å². The van der Waals surface area contributed by atoms with E-state index in [2.05, 4.69) is 0 Å². The summed E-state index contributed by atoms with van der Waals surface area (Å²) in [5.41, 5.74) is -3.95. The average molecular weight is 547 g/mol. The van der Waals surface area contributed by atoms with Crippen LogP contribution in [0, 0.1) is 0 Å². The number of methoxy groups -OCH3 is 1. The number of ether oxygens (including phenoxy) is 3. The third kappa shape index (κ3) is 4.10. The van der Waals surface area contributed by atoms with Crippen LogP contribution in [0.25, 0.3) is 0 Å². The van der Waals surface area contributed by atoms with Crippen LogP contribution < -0.4 is 4.74 Å². The number of fused-ring (bicyclic) bond motifs is 3. The number of aliphatic hydroxyl groups excluding tert-OH is 2. The van der Waals surface area contributed by atoms with Crippen LogP contribution in [0.5, 0.6) is 17.2 Å². The maximum atomic E-state index is 14.1. The normalized spacial score (nSPS) is 29.8. The zero-order valence-corrected chi connectivity index (χ0v) is 21.0. The van der Waals surface area contributed by atoms with Gasteiger partial charge in [-0.2, -0.15) is 0 Å². The van der Waals surface area contributed by atoms with Crippen LogP contribution in [0.2, 0.25) is 0 Å². The Kier molecular flexibility index (Phi) is 6.72. The number of aliphatic hydroxyl groups is 3. The minimum Gasteiger partial charge on any atom is -0.507 e. The fraction of sp³-hybridized carbons (Fsp3) is 0.444. The van der Waals surface area contributed by atoms with Gasteiger partial charge in [0.2, 0.25) is 5.78 Å². The van der Waals surface area contributed by atoms with Gasteiger partial charge in [-0.3, -0.25) is 14.4 Å². The van der Waals surface area contributed by atoms with Crippen LogP contribution in [0.4, 0.5) is 4.39 Å². The van der Waals surface area contributed by atoms with E-state index >= 15 is 0 Å². The van der Waals surface area contributed by atoms with Gasteiger partial charge in [-0.25, -0.2) is 4.39 Å². The molecule has 1 saturated heterocycles. The minimum atomic E-state index is -2.30. The number of hydrogen-bond donors (Lipinski definition) is 5. The fourth-order valence-corrected chi connectivity index (χ4v) is 5.68. The van der Waals surface area contributed by atoms with Gasteiger partial charge in [-0.1, -0.05) is 12.1 Å². The summed E-state index contributed by atoms with van der Waals surface area (Å²) in [6.07, 6.45) is -8.41. The number of phenols is 2. The Morgan fingerprint density at radius 1 is 1.15 bits per heavy atom. The number of ketones is 3. The van der Waals surface area contributed by atoms with Crippen molar-refractivity contribution in [2.45, 2.75) is 62.6 Å². The van der Waals surface area contributed by atoms with E-state index in [9.17, 15) is 44.3 Å². The van der Waals surface area contributed by atoms with E-state index in [0.717, 1.165) is 0 Å². The van der Waals surface area contributed by atoms with Crippen molar-refractivity contribution in [3.8, 4) is 17.2 Å². The molecule has 1 aliphatic heterocycles. The molecule has 11 nitrogen and oxygen atoms in total. The van der Waals surface area contributed by atoms with Gasteiger partial charge < -0.3 is 39.7 Å². The largest absolute Gasteiger partial charge is 0.507 e. The van der Waals surface area contributed by atoms with Crippen LogP contribution in [0.1, 0.15) is 68.8 Å². The topological polar surface area (TPSA) is 180 Å². The number of halogens is 1. The third-order valence-corrected chi connectivity index (χ3v) is 7.67. The Bertz CT molecular complexity index is 1380. The van der Waals surface area contributed by atoms with Crippen LogP contribution in [0.15, 0.2) is 18.2 Å². The van der Waals surface area contributed by atoms with Crippen molar-refractivity contribution in [3.05, 3.63) is 51.6 Å². The lowest BCUT2D eigenvalue weighted by Gasteiger charge is -2.41. The standard InChI is InChI=1S/C27H27FO11/c1-10-22(28)13(30)6-17(38-10)39-15-8-27(36,16(31)9-29)7-12-19(15)26(35)21-20(24(12)33)23(32)11-4-3-5-14(37-2)18(11)25(21)34/h3-5,10,13,15,17,22,29-30,33,35-36H,6-9H2,1-2H3/t10?,13?,15?,17?,22?,27-/m0/s1. The number of aromatic hydroxyl groups is 2. The molecule has 0 amide bonds. The van der Waals surface area contributed by atoms with Crippen LogP contribution in [-0.2, 0) is 20.7 Å². The third-order valence-electron chi connectivity index (χ3n) is 7.67. The van der Waals surface area contributed by atoms with E-state index in [0.29, 0.717) is 0 Å². The molecule has 208 valence electrons. The first-order valence-electron chi connectivity index (χ1n) is 12.3. The van der Waals surface area contributed by atoms with E-state index in [1.54, 1.807) is 0 Å². The molecule has 39 heavy (non-hydrogen) atoms. The predicted octanol–water partition coefficient (Wildman–Crippen LogP) is 1.01. The molecule has 2 aliphatic carbocycles. The van der Waals surface area contributed by atoms with Gasteiger partial charge >= 0.3 is 0 Å². The number of carbonyl (C=O) groups excluding carboxylic acids is 3. The molecular weight excluding hydrogens is 519 g/mol. The van der Waals surface area contributed by atoms with E-state index in [-0.39, 0.29) is 34.4 Å². The van der Waals surface area contributed by atoms with Crippen molar-refractivity contribution in [1.29, 1.82) is 0 Å². The van der Waals surface area contributed by atoms with Gasteiger partial charge in [-0.05, 0) is 13.0 Å². The van der Waals surface area contributed by atoms with Gasteiger partial charge in [-0.15, -0.1) is 0 Å². The Balaban J connectivity index is 1.69. The molecule has 2 aromatic rings. The predicted molar refractivity (Wildman–Crippen MR) is 129 cm³/mol. The molecule has 0 aromatic heterocycles. The van der Waals surface area contributed by atoms with Crippen LogP contribution in [0.3, 0.4) is 0 Å². The van der Waals surface area contributed by atoms with Gasteiger partial charge in [0.15, 0.2) is 24.0 Å². The van der Waals surface area contributed by atoms with Gasteiger partial charge in [0.05, 0.1) is 42.1 Å². The molecule has 5 unspecified atom stereocenters. The number of phenolic OH excluding ortho intramolecular Hbond substituents is 2. The molecule has 5 rings (SSSR count). The second kappa shape index (κ2) is 9.65. The van der Waals surface area contributed by atoms with Crippen molar-refractivity contribution in [1.82, 2.24) is 0 Å². The van der Waals surface area contributed by atoms with Gasteiger partial charge in [0.1, 0.15) is 29.5 Å². The molecule has 3 aliphatic rings. The number of Topliss-reactive ketones (excluding diaryl/α,β-unsaturated/α-hetero) is 1. The molecule has 0 bridgehead atoms. The summed E-state index contributed by atoms with van der Waals surface area (Å²) in [6.45, 7) is 0.318. The van der Waals surface area contributed by atoms with Gasteiger partial charge in [0, 0.05) is 36.0 Å². The molecule has 6 atom stereocenters. The van der Waals surface area contributed by atoms with E-state index < -0.39 is 95.8 Å². The van der Waals surface area contributed by atoms with Gasteiger partial charge in [0.25, 0.3) is 0 Å². The summed E-state index contributed by atoms with van der Waals surface area (Å²) in [4.78, 5) is 39.6. The fourth-order valence-electron chi connectivity index (χ4n) is 5.68. The Labute approximate surface area is 221 Å². The lowest BCUT2D eigenvalue weighted by atomic mass is 9.72. The molecule has 0 spiro atoms. The second-order valence-electron chi connectivity index (χ2n) is 10.0. The monoisotopic (exact) mass is 546 g/mol. The smallest absolute Gasteiger partial charge is 0.202 e. The summed E-state index contributed by atoms with van der Waals surface area (Å²) in [5.74, 6) is -4.01. The van der Waals surface area contributed by atoms with E-state index in [4.69, 9.17) is 14.2 Å². The number of carbonyl (C=O) groups is 3. The summed E-state index contributed by atoms with van der Waals surface area (Å²) >= 11 is 0. The van der Waals surface area contributed by atoms with E-state index in [1.807, 2.05) is 0 Å².